The van der Waals surface area contributed by atoms with Crippen molar-refractivity contribution in [1.82, 2.24) is 4.98 Å². The number of nitrogens with zero attached hydrogens (tertiary/aromatic N) is 2. The molecule has 0 saturated heterocycles. The van der Waals surface area contributed by atoms with Crippen molar-refractivity contribution in [3.05, 3.63) is 62.8 Å². The van der Waals surface area contributed by atoms with E-state index in [9.17, 15) is 10.1 Å². The Balaban J connectivity index is 2.12. The minimum Gasteiger partial charge on any atom is -0.392 e. The molecule has 0 amide bonds. The summed E-state index contributed by atoms with van der Waals surface area (Å²) >= 11 is 5.73. The first-order valence-corrected chi connectivity index (χ1v) is 6.21. The van der Waals surface area contributed by atoms with Gasteiger partial charge in [-0.15, -0.1) is 0 Å². The van der Waals surface area contributed by atoms with Crippen molar-refractivity contribution in [2.75, 3.05) is 5.32 Å². The first-order valence-electron chi connectivity index (χ1n) is 5.83. The lowest BCUT2D eigenvalue weighted by molar-refractivity contribution is -0.384. The van der Waals surface area contributed by atoms with Crippen LogP contribution in [-0.2, 0) is 13.2 Å². The Morgan fingerprint density at radius 2 is 2.05 bits per heavy atom. The van der Waals surface area contributed by atoms with Gasteiger partial charge in [0.2, 0.25) is 0 Å². The molecule has 0 radical (unpaired) electrons. The maximum Gasteiger partial charge on any atom is 0.276 e. The van der Waals surface area contributed by atoms with Crippen LogP contribution in [-0.4, -0.2) is 15.0 Å². The van der Waals surface area contributed by atoms with Crippen molar-refractivity contribution in [3.63, 3.8) is 0 Å². The normalized spacial score (nSPS) is 10.3. The minimum atomic E-state index is -0.523. The van der Waals surface area contributed by atoms with Gasteiger partial charge in [-0.2, -0.15) is 0 Å². The van der Waals surface area contributed by atoms with Crippen molar-refractivity contribution in [2.24, 2.45) is 0 Å². The number of aliphatic hydroxyl groups is 1. The van der Waals surface area contributed by atoms with Crippen molar-refractivity contribution in [1.29, 1.82) is 0 Å². The Kier molecular flexibility index (Phi) is 4.49. The molecule has 1 heterocycles. The summed E-state index contributed by atoms with van der Waals surface area (Å²) in [4.78, 5) is 14.2. The zero-order valence-electron chi connectivity index (χ0n) is 10.4. The van der Waals surface area contributed by atoms with E-state index < -0.39 is 4.92 Å². The molecule has 0 fully saturated rings. The van der Waals surface area contributed by atoms with Crippen LogP contribution in [0.5, 0.6) is 0 Å². The number of nitro groups is 1. The first kappa shape index (κ1) is 14.2. The summed E-state index contributed by atoms with van der Waals surface area (Å²) in [5.41, 5.74) is 1.62. The SMILES string of the molecule is O=[N+]([O-])c1cc(Cl)nc(NCc2cccc(CO)c2)c1. The van der Waals surface area contributed by atoms with Crippen LogP contribution in [0.25, 0.3) is 0 Å². The molecule has 0 aliphatic rings. The van der Waals surface area contributed by atoms with Crippen molar-refractivity contribution >= 4 is 23.1 Å². The van der Waals surface area contributed by atoms with Crippen LogP contribution in [0.4, 0.5) is 11.5 Å². The van der Waals surface area contributed by atoms with Crippen molar-refractivity contribution in [2.45, 2.75) is 13.2 Å². The van der Waals surface area contributed by atoms with Gasteiger partial charge in [0.1, 0.15) is 11.0 Å². The monoisotopic (exact) mass is 293 g/mol. The molecular formula is C13H12ClN3O3. The van der Waals surface area contributed by atoms with E-state index in [1.807, 2.05) is 24.3 Å². The van der Waals surface area contributed by atoms with Crippen LogP contribution in [0.2, 0.25) is 5.15 Å². The van der Waals surface area contributed by atoms with E-state index in [2.05, 4.69) is 10.3 Å². The van der Waals surface area contributed by atoms with Crippen molar-refractivity contribution < 1.29 is 10.0 Å². The highest BCUT2D eigenvalue weighted by Gasteiger charge is 2.10. The molecule has 20 heavy (non-hydrogen) atoms. The van der Waals surface area contributed by atoms with E-state index in [-0.39, 0.29) is 17.4 Å². The standard InChI is InChI=1S/C13H12ClN3O3/c14-12-5-11(17(19)20)6-13(16-12)15-7-9-2-1-3-10(4-9)8-18/h1-6,18H,7-8H2,(H,15,16). The average molecular weight is 294 g/mol. The highest BCUT2D eigenvalue weighted by atomic mass is 35.5. The number of pyridine rings is 1. The molecular weight excluding hydrogens is 282 g/mol. The van der Waals surface area contributed by atoms with Crippen molar-refractivity contribution in [3.8, 4) is 0 Å². The predicted molar refractivity (Wildman–Crippen MR) is 75.6 cm³/mol. The Hall–Kier alpha value is -2.18. The largest absolute Gasteiger partial charge is 0.392 e. The van der Waals surface area contributed by atoms with Crippen LogP contribution in [0.1, 0.15) is 11.1 Å². The maximum atomic E-state index is 10.7. The summed E-state index contributed by atoms with van der Waals surface area (Å²) in [6.07, 6.45) is 0. The van der Waals surface area contributed by atoms with Gasteiger partial charge < -0.3 is 10.4 Å². The summed E-state index contributed by atoms with van der Waals surface area (Å²) in [5.74, 6) is 0.332. The number of nitrogens with one attached hydrogen (secondary N) is 1. The highest BCUT2D eigenvalue weighted by Crippen LogP contribution is 2.21. The number of halogens is 1. The molecule has 104 valence electrons. The fourth-order valence-electron chi connectivity index (χ4n) is 1.71. The van der Waals surface area contributed by atoms with E-state index in [1.165, 1.54) is 12.1 Å². The molecule has 1 aromatic carbocycles. The van der Waals surface area contributed by atoms with E-state index >= 15 is 0 Å². The first-order chi connectivity index (χ1) is 9.58. The quantitative estimate of drug-likeness (QED) is 0.503. The molecule has 0 aliphatic carbocycles. The molecule has 2 aromatic rings. The van der Waals surface area contributed by atoms with Crippen LogP contribution in [0.15, 0.2) is 36.4 Å². The number of rotatable bonds is 5. The van der Waals surface area contributed by atoms with Gasteiger partial charge >= 0.3 is 0 Å². The predicted octanol–water partition coefficient (Wildman–Crippen LogP) is 2.75. The zero-order chi connectivity index (χ0) is 14.5. The maximum absolute atomic E-state index is 10.7. The number of hydrogen-bond acceptors (Lipinski definition) is 5. The van der Waals surface area contributed by atoms with Gasteiger partial charge in [-0.1, -0.05) is 35.9 Å². The molecule has 0 atom stereocenters. The van der Waals surface area contributed by atoms with E-state index in [1.54, 1.807) is 0 Å². The summed E-state index contributed by atoms with van der Waals surface area (Å²) in [5, 5.41) is 22.8. The minimum absolute atomic E-state index is 0.0330. The topological polar surface area (TPSA) is 88.3 Å². The fourth-order valence-corrected chi connectivity index (χ4v) is 1.91. The number of aromatic nitrogens is 1. The Labute approximate surface area is 120 Å². The summed E-state index contributed by atoms with van der Waals surface area (Å²) in [6, 6.07) is 9.88. The zero-order valence-corrected chi connectivity index (χ0v) is 11.2. The molecule has 2 N–H and O–H groups in total. The Morgan fingerprint density at radius 1 is 1.30 bits per heavy atom. The second-order valence-corrected chi connectivity index (χ2v) is 4.51. The Bertz CT molecular complexity index is 634. The molecule has 0 bridgehead atoms. The molecule has 1 aromatic heterocycles. The molecule has 0 spiro atoms. The van der Waals surface area contributed by atoms with Gasteiger partial charge in [0.05, 0.1) is 23.7 Å². The lowest BCUT2D eigenvalue weighted by Crippen LogP contribution is -2.03. The third-order valence-corrected chi connectivity index (χ3v) is 2.83. The number of hydrogen-bond donors (Lipinski definition) is 2. The van der Waals surface area contributed by atoms with Gasteiger partial charge in [-0.25, -0.2) is 4.98 Å². The second kappa shape index (κ2) is 6.31. The third kappa shape index (κ3) is 3.66. The second-order valence-electron chi connectivity index (χ2n) is 4.12. The number of benzene rings is 1. The van der Waals surface area contributed by atoms with E-state index in [0.717, 1.165) is 11.1 Å². The Morgan fingerprint density at radius 3 is 2.75 bits per heavy atom. The van der Waals surface area contributed by atoms with Crippen LogP contribution >= 0.6 is 11.6 Å². The molecule has 7 heteroatoms. The third-order valence-electron chi connectivity index (χ3n) is 2.64. The average Bonchev–Trinajstić information content (AvgIpc) is 2.44. The molecule has 2 rings (SSSR count). The molecule has 0 saturated carbocycles. The van der Waals surface area contributed by atoms with E-state index in [4.69, 9.17) is 16.7 Å². The fraction of sp³-hybridized carbons (Fsp3) is 0.154. The lowest BCUT2D eigenvalue weighted by atomic mass is 10.1. The summed E-state index contributed by atoms with van der Waals surface area (Å²) in [6.45, 7) is 0.396. The summed E-state index contributed by atoms with van der Waals surface area (Å²) < 4.78 is 0. The van der Waals surface area contributed by atoms with Crippen LogP contribution in [0.3, 0.4) is 0 Å². The van der Waals surface area contributed by atoms with Gasteiger partial charge in [0, 0.05) is 6.54 Å². The smallest absolute Gasteiger partial charge is 0.276 e. The van der Waals surface area contributed by atoms with Gasteiger partial charge in [0.15, 0.2) is 0 Å². The lowest BCUT2D eigenvalue weighted by Gasteiger charge is -2.07. The molecule has 0 unspecified atom stereocenters. The van der Waals surface area contributed by atoms with Gasteiger partial charge in [-0.3, -0.25) is 10.1 Å². The summed E-state index contributed by atoms with van der Waals surface area (Å²) in [7, 11) is 0. The highest BCUT2D eigenvalue weighted by molar-refractivity contribution is 6.29. The van der Waals surface area contributed by atoms with E-state index in [0.29, 0.717) is 12.4 Å². The molecule has 0 aliphatic heterocycles. The van der Waals surface area contributed by atoms with Crippen LogP contribution < -0.4 is 5.32 Å². The van der Waals surface area contributed by atoms with Gasteiger partial charge in [-0.05, 0) is 11.1 Å². The molecule has 6 nitrogen and oxygen atoms in total. The number of aliphatic hydroxyl groups excluding tert-OH is 1. The van der Waals surface area contributed by atoms with Crippen LogP contribution in [0, 0.1) is 10.1 Å². The number of anilines is 1. The van der Waals surface area contributed by atoms with Gasteiger partial charge in [0.25, 0.3) is 5.69 Å².